The van der Waals surface area contributed by atoms with Crippen molar-refractivity contribution in [2.75, 3.05) is 19.7 Å². The minimum atomic E-state index is 0.345. The Morgan fingerprint density at radius 2 is 1.88 bits per heavy atom. The monoisotopic (exact) mass is 227 g/mol. The zero-order valence-corrected chi connectivity index (χ0v) is 11.1. The van der Waals surface area contributed by atoms with Crippen molar-refractivity contribution in [3.63, 3.8) is 0 Å². The molecule has 16 heavy (non-hydrogen) atoms. The van der Waals surface area contributed by atoms with E-state index < -0.39 is 0 Å². The highest BCUT2D eigenvalue weighted by Crippen LogP contribution is 2.27. The van der Waals surface area contributed by atoms with Gasteiger partial charge in [-0.3, -0.25) is 0 Å². The molecule has 1 saturated carbocycles. The largest absolute Gasteiger partial charge is 0.396 e. The van der Waals surface area contributed by atoms with Crippen LogP contribution in [0.3, 0.4) is 0 Å². The fraction of sp³-hybridized carbons (Fsp3) is 1.00. The second-order valence-electron chi connectivity index (χ2n) is 5.24. The van der Waals surface area contributed by atoms with Gasteiger partial charge in [0.25, 0.3) is 0 Å². The van der Waals surface area contributed by atoms with Crippen LogP contribution < -0.4 is 0 Å². The molecule has 2 nitrogen and oxygen atoms in total. The first kappa shape index (κ1) is 14.0. The van der Waals surface area contributed by atoms with E-state index in [9.17, 15) is 0 Å². The van der Waals surface area contributed by atoms with E-state index in [0.29, 0.717) is 6.61 Å². The van der Waals surface area contributed by atoms with Crippen LogP contribution in [0.15, 0.2) is 0 Å². The van der Waals surface area contributed by atoms with E-state index in [2.05, 4.69) is 18.7 Å². The highest BCUT2D eigenvalue weighted by molar-refractivity contribution is 4.79. The van der Waals surface area contributed by atoms with Gasteiger partial charge in [0.05, 0.1) is 0 Å². The highest BCUT2D eigenvalue weighted by Gasteiger charge is 2.24. The zero-order valence-electron chi connectivity index (χ0n) is 11.1. The number of hydrogen-bond acceptors (Lipinski definition) is 2. The molecule has 0 aliphatic heterocycles. The SMILES string of the molecule is CCN(CCCCO)C1CCCCCC1C. The summed E-state index contributed by atoms with van der Waals surface area (Å²) in [7, 11) is 0. The fourth-order valence-electron chi connectivity index (χ4n) is 3.00. The number of aliphatic hydroxyl groups excluding tert-OH is 1. The molecule has 1 aliphatic carbocycles. The van der Waals surface area contributed by atoms with E-state index in [1.807, 2.05) is 0 Å². The van der Waals surface area contributed by atoms with Gasteiger partial charge in [-0.1, -0.05) is 33.1 Å². The molecule has 2 heteroatoms. The third kappa shape index (κ3) is 4.42. The van der Waals surface area contributed by atoms with Gasteiger partial charge in [-0.15, -0.1) is 0 Å². The summed E-state index contributed by atoms with van der Waals surface area (Å²) in [5.41, 5.74) is 0. The summed E-state index contributed by atoms with van der Waals surface area (Å²) in [4.78, 5) is 2.64. The third-order valence-corrected chi connectivity index (χ3v) is 4.04. The quantitative estimate of drug-likeness (QED) is 0.557. The first-order valence-corrected chi connectivity index (χ1v) is 7.14. The summed E-state index contributed by atoms with van der Waals surface area (Å²) < 4.78 is 0. The summed E-state index contributed by atoms with van der Waals surface area (Å²) in [6.07, 6.45) is 9.15. The Kier molecular flexibility index (Phi) is 7.06. The molecule has 1 aliphatic rings. The molecule has 0 aromatic carbocycles. The lowest BCUT2D eigenvalue weighted by Gasteiger charge is -2.34. The summed E-state index contributed by atoms with van der Waals surface area (Å²) in [6.45, 7) is 7.38. The predicted octanol–water partition coefficient (Wildman–Crippen LogP) is 3.05. The molecule has 0 saturated heterocycles. The normalized spacial score (nSPS) is 27.0. The van der Waals surface area contributed by atoms with E-state index >= 15 is 0 Å². The van der Waals surface area contributed by atoms with Gasteiger partial charge in [0.2, 0.25) is 0 Å². The smallest absolute Gasteiger partial charge is 0.0431 e. The van der Waals surface area contributed by atoms with Crippen LogP contribution >= 0.6 is 0 Å². The Labute approximate surface area is 101 Å². The van der Waals surface area contributed by atoms with Crippen LogP contribution in [0.2, 0.25) is 0 Å². The van der Waals surface area contributed by atoms with Gasteiger partial charge >= 0.3 is 0 Å². The van der Waals surface area contributed by atoms with Gasteiger partial charge in [-0.25, -0.2) is 0 Å². The van der Waals surface area contributed by atoms with Crippen LogP contribution in [0.1, 0.15) is 58.8 Å². The lowest BCUT2D eigenvalue weighted by molar-refractivity contribution is 0.141. The molecule has 0 aromatic rings. The molecule has 0 bridgehead atoms. The van der Waals surface area contributed by atoms with Crippen molar-refractivity contribution in [1.29, 1.82) is 0 Å². The van der Waals surface area contributed by atoms with Crippen LogP contribution in [0.5, 0.6) is 0 Å². The Morgan fingerprint density at radius 1 is 1.12 bits per heavy atom. The molecule has 1 fully saturated rings. The standard InChI is InChI=1S/C14H29NO/c1-3-15(11-7-8-12-16)14-10-6-4-5-9-13(14)2/h13-14,16H,3-12H2,1-2H3. The van der Waals surface area contributed by atoms with Crippen LogP contribution in [-0.2, 0) is 0 Å². The minimum Gasteiger partial charge on any atom is -0.396 e. The molecule has 0 amide bonds. The number of unbranched alkanes of at least 4 members (excludes halogenated alkanes) is 1. The molecule has 2 atom stereocenters. The number of aliphatic hydroxyl groups is 1. The summed E-state index contributed by atoms with van der Waals surface area (Å²) >= 11 is 0. The topological polar surface area (TPSA) is 23.5 Å². The first-order valence-electron chi connectivity index (χ1n) is 7.14. The maximum atomic E-state index is 8.84. The molecule has 0 aromatic heterocycles. The Balaban J connectivity index is 2.41. The molecule has 0 spiro atoms. The molecule has 0 radical (unpaired) electrons. The van der Waals surface area contributed by atoms with Crippen LogP contribution in [0.25, 0.3) is 0 Å². The summed E-state index contributed by atoms with van der Waals surface area (Å²) in [6, 6.07) is 0.797. The number of rotatable bonds is 6. The maximum absolute atomic E-state index is 8.84. The predicted molar refractivity (Wildman–Crippen MR) is 69.6 cm³/mol. The Morgan fingerprint density at radius 3 is 2.56 bits per heavy atom. The van der Waals surface area contributed by atoms with Gasteiger partial charge in [0.15, 0.2) is 0 Å². The van der Waals surface area contributed by atoms with Crippen molar-refractivity contribution in [3.05, 3.63) is 0 Å². The lowest BCUT2D eigenvalue weighted by atomic mass is 9.95. The van der Waals surface area contributed by atoms with E-state index in [1.165, 1.54) is 45.2 Å². The number of nitrogens with zero attached hydrogens (tertiary/aromatic N) is 1. The molecule has 96 valence electrons. The van der Waals surface area contributed by atoms with E-state index in [-0.39, 0.29) is 0 Å². The van der Waals surface area contributed by atoms with Gasteiger partial charge in [-0.2, -0.15) is 0 Å². The van der Waals surface area contributed by atoms with Crippen molar-refractivity contribution in [2.45, 2.75) is 64.8 Å². The molecular weight excluding hydrogens is 198 g/mol. The fourth-order valence-corrected chi connectivity index (χ4v) is 3.00. The average Bonchev–Trinajstić information content (AvgIpc) is 2.50. The molecule has 2 unspecified atom stereocenters. The average molecular weight is 227 g/mol. The lowest BCUT2D eigenvalue weighted by Crippen LogP contribution is -2.39. The Hall–Kier alpha value is -0.0800. The zero-order chi connectivity index (χ0) is 11.8. The molecule has 1 N–H and O–H groups in total. The van der Waals surface area contributed by atoms with Gasteiger partial charge < -0.3 is 10.0 Å². The maximum Gasteiger partial charge on any atom is 0.0431 e. The molecular formula is C14H29NO. The summed E-state index contributed by atoms with van der Waals surface area (Å²) in [5, 5.41) is 8.84. The van der Waals surface area contributed by atoms with E-state index in [0.717, 1.165) is 24.8 Å². The van der Waals surface area contributed by atoms with Crippen molar-refractivity contribution < 1.29 is 5.11 Å². The van der Waals surface area contributed by atoms with Crippen molar-refractivity contribution >= 4 is 0 Å². The second-order valence-corrected chi connectivity index (χ2v) is 5.24. The van der Waals surface area contributed by atoms with Crippen molar-refractivity contribution in [2.24, 2.45) is 5.92 Å². The van der Waals surface area contributed by atoms with E-state index in [1.54, 1.807) is 0 Å². The van der Waals surface area contributed by atoms with Crippen LogP contribution in [0.4, 0.5) is 0 Å². The summed E-state index contributed by atoms with van der Waals surface area (Å²) in [5.74, 6) is 0.858. The van der Waals surface area contributed by atoms with E-state index in [4.69, 9.17) is 5.11 Å². The van der Waals surface area contributed by atoms with Gasteiger partial charge in [0, 0.05) is 12.6 Å². The van der Waals surface area contributed by atoms with Gasteiger partial charge in [0.1, 0.15) is 0 Å². The Bertz CT molecular complexity index is 172. The third-order valence-electron chi connectivity index (χ3n) is 4.04. The highest BCUT2D eigenvalue weighted by atomic mass is 16.2. The van der Waals surface area contributed by atoms with Crippen LogP contribution in [-0.4, -0.2) is 35.7 Å². The van der Waals surface area contributed by atoms with Crippen LogP contribution in [0, 0.1) is 5.92 Å². The second kappa shape index (κ2) is 8.08. The van der Waals surface area contributed by atoms with Crippen molar-refractivity contribution in [3.8, 4) is 0 Å². The van der Waals surface area contributed by atoms with Crippen molar-refractivity contribution in [1.82, 2.24) is 4.90 Å². The minimum absolute atomic E-state index is 0.345. The van der Waals surface area contributed by atoms with Gasteiger partial charge in [-0.05, 0) is 44.7 Å². The molecule has 1 rings (SSSR count). The number of hydrogen-bond donors (Lipinski definition) is 1. The first-order chi connectivity index (χ1) is 7.79. The molecule has 0 heterocycles.